The summed E-state index contributed by atoms with van der Waals surface area (Å²) in [6.07, 6.45) is 6.71. The Morgan fingerprint density at radius 2 is 2.40 bits per heavy atom. The molecule has 0 saturated carbocycles. The van der Waals surface area contributed by atoms with E-state index in [1.807, 2.05) is 17.7 Å². The molecule has 7 nitrogen and oxygen atoms in total. The molecule has 2 aromatic heterocycles. The van der Waals surface area contributed by atoms with Gasteiger partial charge < -0.3 is 9.88 Å². The topological polar surface area (TPSA) is 85.9 Å². The molecular formula is C12H14ClN5O2. The summed E-state index contributed by atoms with van der Waals surface area (Å²) >= 11 is 5.71. The zero-order valence-electron chi connectivity index (χ0n) is 10.9. The molecule has 0 aliphatic carbocycles. The number of nitrogens with one attached hydrogen (secondary N) is 1. The molecule has 0 unspecified atom stereocenters. The number of hydrogen-bond acceptors (Lipinski definition) is 5. The number of pyridine rings is 1. The van der Waals surface area contributed by atoms with Crippen molar-refractivity contribution in [1.29, 1.82) is 0 Å². The van der Waals surface area contributed by atoms with Crippen LogP contribution in [0.25, 0.3) is 0 Å². The third kappa shape index (κ3) is 3.67. The zero-order valence-corrected chi connectivity index (χ0v) is 11.6. The fourth-order valence-corrected chi connectivity index (χ4v) is 1.95. The summed E-state index contributed by atoms with van der Waals surface area (Å²) < 4.78 is 1.95. The summed E-state index contributed by atoms with van der Waals surface area (Å²) in [4.78, 5) is 18.4. The third-order valence-electron chi connectivity index (χ3n) is 2.73. The molecule has 1 N–H and O–H groups in total. The van der Waals surface area contributed by atoms with Crippen molar-refractivity contribution in [3.63, 3.8) is 0 Å². The van der Waals surface area contributed by atoms with E-state index < -0.39 is 4.92 Å². The van der Waals surface area contributed by atoms with E-state index in [9.17, 15) is 10.1 Å². The molecule has 0 bridgehead atoms. The monoisotopic (exact) mass is 295 g/mol. The molecule has 0 aromatic carbocycles. The Bertz CT molecular complexity index is 588. The Kier molecular flexibility index (Phi) is 4.52. The van der Waals surface area contributed by atoms with Crippen molar-refractivity contribution in [3.05, 3.63) is 46.1 Å². The summed E-state index contributed by atoms with van der Waals surface area (Å²) in [7, 11) is 0. The average molecular weight is 296 g/mol. The second-order valence-electron chi connectivity index (χ2n) is 4.52. The van der Waals surface area contributed by atoms with Crippen molar-refractivity contribution in [2.24, 2.45) is 5.92 Å². The summed E-state index contributed by atoms with van der Waals surface area (Å²) in [5, 5.41) is 14.2. The van der Waals surface area contributed by atoms with Crippen molar-refractivity contribution < 1.29 is 4.92 Å². The van der Waals surface area contributed by atoms with Crippen LogP contribution in [0.5, 0.6) is 0 Å². The van der Waals surface area contributed by atoms with E-state index in [0.717, 1.165) is 6.54 Å². The standard InChI is InChI=1S/C12H14ClN5O2/c1-9(7-17-3-2-14-8-17)5-15-12-11(18(19)20)4-10(13)6-16-12/h2-4,6,8-9H,5,7H2,1H3,(H,15,16)/t9-/m0/s1. The van der Waals surface area contributed by atoms with Crippen molar-refractivity contribution >= 4 is 23.1 Å². The average Bonchev–Trinajstić information content (AvgIpc) is 2.90. The van der Waals surface area contributed by atoms with Crippen LogP contribution in [0.2, 0.25) is 5.02 Å². The van der Waals surface area contributed by atoms with Gasteiger partial charge in [0.15, 0.2) is 0 Å². The van der Waals surface area contributed by atoms with Gasteiger partial charge in [-0.25, -0.2) is 9.97 Å². The molecule has 0 aliphatic rings. The molecule has 2 aromatic rings. The van der Waals surface area contributed by atoms with Crippen LogP contribution in [0.1, 0.15) is 6.92 Å². The normalized spacial score (nSPS) is 12.1. The molecule has 106 valence electrons. The second kappa shape index (κ2) is 6.33. The summed E-state index contributed by atoms with van der Waals surface area (Å²) in [6, 6.07) is 1.29. The predicted octanol–water partition coefficient (Wildman–Crippen LogP) is 2.59. The van der Waals surface area contributed by atoms with Crippen LogP contribution in [0.4, 0.5) is 11.5 Å². The number of nitro groups is 1. The van der Waals surface area contributed by atoms with Gasteiger partial charge in [0.05, 0.1) is 16.3 Å². The van der Waals surface area contributed by atoms with Gasteiger partial charge in [-0.05, 0) is 5.92 Å². The lowest BCUT2D eigenvalue weighted by atomic mass is 10.2. The van der Waals surface area contributed by atoms with E-state index in [1.165, 1.54) is 12.3 Å². The van der Waals surface area contributed by atoms with Gasteiger partial charge in [0.25, 0.3) is 0 Å². The van der Waals surface area contributed by atoms with Crippen LogP contribution in [-0.4, -0.2) is 26.0 Å². The SMILES string of the molecule is C[C@@H](CNc1ncc(Cl)cc1[N+](=O)[O-])Cn1ccnc1. The molecule has 8 heteroatoms. The first-order chi connectivity index (χ1) is 9.56. The minimum Gasteiger partial charge on any atom is -0.364 e. The van der Waals surface area contributed by atoms with Crippen molar-refractivity contribution in [1.82, 2.24) is 14.5 Å². The van der Waals surface area contributed by atoms with Gasteiger partial charge in [-0.15, -0.1) is 0 Å². The van der Waals surface area contributed by atoms with Crippen LogP contribution < -0.4 is 5.32 Å². The molecule has 1 atom stereocenters. The largest absolute Gasteiger partial charge is 0.364 e. The van der Waals surface area contributed by atoms with E-state index in [0.29, 0.717) is 6.54 Å². The Morgan fingerprint density at radius 3 is 3.05 bits per heavy atom. The number of anilines is 1. The molecule has 0 aliphatic heterocycles. The Balaban J connectivity index is 1.98. The van der Waals surface area contributed by atoms with Crippen LogP contribution in [0.3, 0.4) is 0 Å². The Morgan fingerprint density at radius 1 is 1.60 bits per heavy atom. The van der Waals surface area contributed by atoms with Gasteiger partial charge in [0, 0.05) is 37.7 Å². The molecule has 0 fully saturated rings. The van der Waals surface area contributed by atoms with Gasteiger partial charge in [0.2, 0.25) is 5.82 Å². The zero-order chi connectivity index (χ0) is 14.5. The summed E-state index contributed by atoms with van der Waals surface area (Å²) in [5.74, 6) is 0.498. The lowest BCUT2D eigenvalue weighted by Crippen LogP contribution is -2.17. The van der Waals surface area contributed by atoms with Crippen LogP contribution in [0, 0.1) is 16.0 Å². The molecule has 0 amide bonds. The molecule has 2 rings (SSSR count). The summed E-state index contributed by atoms with van der Waals surface area (Å²) in [5.41, 5.74) is -0.118. The van der Waals surface area contributed by atoms with Crippen LogP contribution in [-0.2, 0) is 6.54 Å². The maximum Gasteiger partial charge on any atom is 0.312 e. The lowest BCUT2D eigenvalue weighted by molar-refractivity contribution is -0.384. The van der Waals surface area contributed by atoms with Gasteiger partial charge >= 0.3 is 5.69 Å². The van der Waals surface area contributed by atoms with E-state index in [1.54, 1.807) is 12.5 Å². The van der Waals surface area contributed by atoms with Crippen molar-refractivity contribution in [2.45, 2.75) is 13.5 Å². The van der Waals surface area contributed by atoms with Gasteiger partial charge in [-0.1, -0.05) is 18.5 Å². The lowest BCUT2D eigenvalue weighted by Gasteiger charge is -2.13. The first-order valence-corrected chi connectivity index (χ1v) is 6.43. The van der Waals surface area contributed by atoms with E-state index >= 15 is 0 Å². The van der Waals surface area contributed by atoms with E-state index in [4.69, 9.17) is 11.6 Å². The fraction of sp³-hybridized carbons (Fsp3) is 0.333. The van der Waals surface area contributed by atoms with Crippen molar-refractivity contribution in [2.75, 3.05) is 11.9 Å². The highest BCUT2D eigenvalue weighted by atomic mass is 35.5. The molecule has 2 heterocycles. The highest BCUT2D eigenvalue weighted by Crippen LogP contribution is 2.25. The number of rotatable bonds is 6. The van der Waals surface area contributed by atoms with Crippen molar-refractivity contribution in [3.8, 4) is 0 Å². The van der Waals surface area contributed by atoms with Gasteiger partial charge in [0.1, 0.15) is 0 Å². The molecule has 20 heavy (non-hydrogen) atoms. The van der Waals surface area contributed by atoms with E-state index in [-0.39, 0.29) is 22.4 Å². The minimum atomic E-state index is -0.498. The van der Waals surface area contributed by atoms with Gasteiger partial charge in [-0.3, -0.25) is 10.1 Å². The second-order valence-corrected chi connectivity index (χ2v) is 4.96. The number of hydrogen-bond donors (Lipinski definition) is 1. The summed E-state index contributed by atoms with van der Waals surface area (Å²) in [6.45, 7) is 3.37. The molecular weight excluding hydrogens is 282 g/mol. The van der Waals surface area contributed by atoms with Crippen LogP contribution in [0.15, 0.2) is 31.0 Å². The molecule has 0 radical (unpaired) electrons. The smallest absolute Gasteiger partial charge is 0.312 e. The highest BCUT2D eigenvalue weighted by Gasteiger charge is 2.16. The predicted molar refractivity (Wildman–Crippen MR) is 75.8 cm³/mol. The first kappa shape index (κ1) is 14.3. The van der Waals surface area contributed by atoms with Gasteiger partial charge in [-0.2, -0.15) is 0 Å². The quantitative estimate of drug-likeness (QED) is 0.654. The number of nitrogens with zero attached hydrogens (tertiary/aromatic N) is 4. The number of aromatic nitrogens is 3. The first-order valence-electron chi connectivity index (χ1n) is 6.06. The highest BCUT2D eigenvalue weighted by molar-refractivity contribution is 6.30. The Labute approximate surface area is 120 Å². The van der Waals surface area contributed by atoms with Crippen LogP contribution >= 0.6 is 11.6 Å². The maximum absolute atomic E-state index is 10.9. The third-order valence-corrected chi connectivity index (χ3v) is 2.94. The molecule has 0 saturated heterocycles. The Hall–Kier alpha value is -2.15. The minimum absolute atomic E-state index is 0.118. The van der Waals surface area contributed by atoms with E-state index in [2.05, 4.69) is 15.3 Å². The number of halogens is 1. The fourth-order valence-electron chi connectivity index (χ4n) is 1.79. The maximum atomic E-state index is 10.9. The number of imidazole rings is 1. The molecule has 0 spiro atoms.